The molecule has 0 bridgehead atoms. The molecule has 0 radical (unpaired) electrons. The molecule has 1 amide bonds. The third-order valence-electron chi connectivity index (χ3n) is 7.26. The lowest BCUT2D eigenvalue weighted by Gasteiger charge is -2.35. The second-order valence-electron chi connectivity index (χ2n) is 11.3. The highest BCUT2D eigenvalue weighted by molar-refractivity contribution is 7.89. The van der Waals surface area contributed by atoms with Crippen LogP contribution in [0.5, 0.6) is 0 Å². The van der Waals surface area contributed by atoms with E-state index in [-0.39, 0.29) is 34.8 Å². The largest absolute Gasteiger partial charge is 0.349 e. The van der Waals surface area contributed by atoms with Crippen LogP contribution >= 0.6 is 0 Å². The Morgan fingerprint density at radius 3 is 2.54 bits per heavy atom. The van der Waals surface area contributed by atoms with E-state index in [0.717, 1.165) is 38.6 Å². The summed E-state index contributed by atoms with van der Waals surface area (Å²) in [6.07, 6.45) is 5.38. The van der Waals surface area contributed by atoms with Crippen LogP contribution in [0.2, 0.25) is 0 Å². The van der Waals surface area contributed by atoms with Gasteiger partial charge in [0.05, 0.1) is 22.6 Å². The summed E-state index contributed by atoms with van der Waals surface area (Å²) in [5, 5.41) is 15.8. The van der Waals surface area contributed by atoms with Gasteiger partial charge in [0.25, 0.3) is 0 Å². The smallest absolute Gasteiger partial charge is 0.243 e. The highest BCUT2D eigenvalue weighted by atomic mass is 32.2. The summed E-state index contributed by atoms with van der Waals surface area (Å²) in [4.78, 5) is 13.3. The van der Waals surface area contributed by atoms with E-state index in [1.165, 1.54) is 45.3 Å². The van der Waals surface area contributed by atoms with Crippen molar-refractivity contribution in [2.45, 2.75) is 94.8 Å². The highest BCUT2D eigenvalue weighted by Gasteiger charge is 2.35. The van der Waals surface area contributed by atoms with Crippen LogP contribution < -0.4 is 10.6 Å². The minimum Gasteiger partial charge on any atom is -0.349 e. The molecule has 2 atom stereocenters. The first-order valence-electron chi connectivity index (χ1n) is 13.2. The van der Waals surface area contributed by atoms with E-state index in [9.17, 15) is 13.2 Å². The molecule has 1 saturated heterocycles. The Labute approximate surface area is 221 Å². The van der Waals surface area contributed by atoms with Gasteiger partial charge in [0.15, 0.2) is 0 Å². The third kappa shape index (κ3) is 6.78. The number of fused-ring (bicyclic) bond motifs is 1. The number of aryl methyl sites for hydroxylation is 1. The molecule has 1 heterocycles. The lowest BCUT2D eigenvalue weighted by atomic mass is 9.86. The van der Waals surface area contributed by atoms with Gasteiger partial charge in [0.2, 0.25) is 15.9 Å². The number of nitriles is 1. The predicted molar refractivity (Wildman–Crippen MR) is 144 cm³/mol. The van der Waals surface area contributed by atoms with E-state index >= 15 is 0 Å². The Bertz CT molecular complexity index is 1260. The van der Waals surface area contributed by atoms with Crippen molar-refractivity contribution >= 4 is 15.9 Å². The van der Waals surface area contributed by atoms with Crippen molar-refractivity contribution in [3.8, 4) is 6.07 Å². The molecule has 4 rings (SSSR count). The quantitative estimate of drug-likeness (QED) is 0.554. The van der Waals surface area contributed by atoms with E-state index in [2.05, 4.69) is 49.6 Å². The summed E-state index contributed by atoms with van der Waals surface area (Å²) in [6.45, 7) is 7.66. The van der Waals surface area contributed by atoms with Gasteiger partial charge in [-0.3, -0.25) is 4.79 Å². The first kappa shape index (κ1) is 27.3. The number of nitrogens with zero attached hydrogens (tertiary/aromatic N) is 2. The highest BCUT2D eigenvalue weighted by Crippen LogP contribution is 2.32. The van der Waals surface area contributed by atoms with Crippen molar-refractivity contribution in [2.75, 3.05) is 6.54 Å². The van der Waals surface area contributed by atoms with Gasteiger partial charge in [-0.25, -0.2) is 8.42 Å². The number of benzene rings is 2. The molecule has 2 N–H and O–H groups in total. The van der Waals surface area contributed by atoms with E-state index in [1.54, 1.807) is 0 Å². The number of carbonyl (C=O) groups excluding carboxylic acids is 1. The van der Waals surface area contributed by atoms with Crippen LogP contribution in [0, 0.1) is 11.3 Å². The van der Waals surface area contributed by atoms with Crippen molar-refractivity contribution in [3.05, 3.63) is 64.7 Å². The fourth-order valence-corrected chi connectivity index (χ4v) is 6.99. The lowest BCUT2D eigenvalue weighted by molar-refractivity contribution is -0.123. The fourth-order valence-electron chi connectivity index (χ4n) is 5.29. The Kier molecular flexibility index (Phi) is 8.37. The third-order valence-corrected chi connectivity index (χ3v) is 9.23. The van der Waals surface area contributed by atoms with Crippen LogP contribution in [-0.2, 0) is 27.8 Å². The molecule has 0 aromatic heterocycles. The second kappa shape index (κ2) is 11.3. The normalized spacial score (nSPS) is 20.6. The minimum absolute atomic E-state index is 0.0481. The van der Waals surface area contributed by atoms with Gasteiger partial charge in [-0.15, -0.1) is 0 Å². The van der Waals surface area contributed by atoms with Gasteiger partial charge < -0.3 is 10.6 Å². The molecule has 198 valence electrons. The molecular formula is C29H38N4O3S. The number of piperidine rings is 1. The number of hydrogen-bond donors (Lipinski definition) is 2. The fraction of sp³-hybridized carbons (Fsp3) is 0.517. The van der Waals surface area contributed by atoms with Crippen LogP contribution in [0.3, 0.4) is 0 Å². The Morgan fingerprint density at radius 1 is 1.08 bits per heavy atom. The molecule has 37 heavy (non-hydrogen) atoms. The van der Waals surface area contributed by atoms with E-state index in [4.69, 9.17) is 5.26 Å². The molecule has 1 aliphatic heterocycles. The van der Waals surface area contributed by atoms with Crippen LogP contribution in [0.25, 0.3) is 0 Å². The summed E-state index contributed by atoms with van der Waals surface area (Å²) in [6, 6.07) is 14.1. The standard InChI is InChI=1S/C29H38N4O3S/c1-29(2,3)31-20-22-12-15-26-23(17-22)7-6-9-27(26)32-28(34)18-24-8-4-5-16-33(24)37(35,36)25-13-10-21(19-30)11-14-25/h10-15,17,24,27,31H,4-9,16,18,20H2,1-3H3,(H,32,34)/t24-,27+/m0/s1. The summed E-state index contributed by atoms with van der Waals surface area (Å²) in [5.74, 6) is -0.108. The number of hydrogen-bond acceptors (Lipinski definition) is 5. The zero-order chi connectivity index (χ0) is 26.6. The van der Waals surface area contributed by atoms with Gasteiger partial charge in [0, 0.05) is 31.1 Å². The van der Waals surface area contributed by atoms with Crippen molar-refractivity contribution in [3.63, 3.8) is 0 Å². The van der Waals surface area contributed by atoms with Crippen LogP contribution in [0.4, 0.5) is 0 Å². The second-order valence-corrected chi connectivity index (χ2v) is 13.1. The van der Waals surface area contributed by atoms with Gasteiger partial charge in [-0.2, -0.15) is 9.57 Å². The average molecular weight is 523 g/mol. The molecule has 8 heteroatoms. The molecule has 7 nitrogen and oxygen atoms in total. The Morgan fingerprint density at radius 2 is 1.84 bits per heavy atom. The zero-order valence-electron chi connectivity index (χ0n) is 22.1. The maximum atomic E-state index is 13.4. The summed E-state index contributed by atoms with van der Waals surface area (Å²) in [7, 11) is -3.75. The molecule has 2 aromatic rings. The Balaban J connectivity index is 1.43. The maximum absolute atomic E-state index is 13.4. The summed E-state index contributed by atoms with van der Waals surface area (Å²) in [5.41, 5.74) is 4.16. The molecule has 0 spiro atoms. The number of nitrogens with one attached hydrogen (secondary N) is 2. The lowest BCUT2D eigenvalue weighted by Crippen LogP contribution is -2.46. The maximum Gasteiger partial charge on any atom is 0.243 e. The molecule has 2 aliphatic rings. The predicted octanol–water partition coefficient (Wildman–Crippen LogP) is 4.57. The van der Waals surface area contributed by atoms with Crippen LogP contribution in [0.15, 0.2) is 47.4 Å². The van der Waals surface area contributed by atoms with Crippen molar-refractivity contribution in [1.29, 1.82) is 5.26 Å². The van der Waals surface area contributed by atoms with Crippen LogP contribution in [-0.4, -0.2) is 36.8 Å². The number of rotatable bonds is 7. The molecule has 1 fully saturated rings. The van der Waals surface area contributed by atoms with E-state index in [1.807, 2.05) is 6.07 Å². The van der Waals surface area contributed by atoms with Crippen molar-refractivity contribution < 1.29 is 13.2 Å². The molecular weight excluding hydrogens is 484 g/mol. The van der Waals surface area contributed by atoms with Gasteiger partial charge in [-0.1, -0.05) is 24.6 Å². The molecule has 2 aromatic carbocycles. The van der Waals surface area contributed by atoms with E-state index < -0.39 is 10.0 Å². The molecule has 0 saturated carbocycles. The van der Waals surface area contributed by atoms with E-state index in [0.29, 0.717) is 18.5 Å². The topological polar surface area (TPSA) is 102 Å². The first-order valence-corrected chi connectivity index (χ1v) is 14.7. The van der Waals surface area contributed by atoms with Gasteiger partial charge in [-0.05, 0) is 93.8 Å². The summed E-state index contributed by atoms with van der Waals surface area (Å²) < 4.78 is 28.3. The monoisotopic (exact) mass is 522 g/mol. The number of carbonyl (C=O) groups is 1. The van der Waals surface area contributed by atoms with Gasteiger partial charge in [0.1, 0.15) is 0 Å². The SMILES string of the molecule is CC(C)(C)NCc1ccc2c(c1)CCC[C@H]2NC(=O)C[C@@H]1CCCCN1S(=O)(=O)c1ccc(C#N)cc1. The Hall–Kier alpha value is -2.73. The van der Waals surface area contributed by atoms with Crippen molar-refractivity contribution in [2.24, 2.45) is 0 Å². The molecule has 0 unspecified atom stereocenters. The average Bonchev–Trinajstić information content (AvgIpc) is 2.87. The number of amides is 1. The van der Waals surface area contributed by atoms with Crippen LogP contribution in [0.1, 0.15) is 87.6 Å². The first-order chi connectivity index (χ1) is 17.6. The molecule has 1 aliphatic carbocycles. The number of sulfonamides is 1. The van der Waals surface area contributed by atoms with Gasteiger partial charge >= 0.3 is 0 Å². The summed E-state index contributed by atoms with van der Waals surface area (Å²) >= 11 is 0. The van der Waals surface area contributed by atoms with Crippen molar-refractivity contribution in [1.82, 2.24) is 14.9 Å². The minimum atomic E-state index is -3.75. The zero-order valence-corrected chi connectivity index (χ0v) is 22.9.